The molecule has 0 unspecified atom stereocenters. The molecule has 2 atom stereocenters. The summed E-state index contributed by atoms with van der Waals surface area (Å²) in [6, 6.07) is 14.0. The molecule has 170 valence electrons. The lowest BCUT2D eigenvalue weighted by Gasteiger charge is -2.35. The Kier molecular flexibility index (Phi) is 5.58. The van der Waals surface area contributed by atoms with E-state index < -0.39 is 6.04 Å². The largest absolute Gasteiger partial charge is 0.340 e. The second kappa shape index (κ2) is 8.69. The van der Waals surface area contributed by atoms with Crippen LogP contribution in [0, 0.1) is 0 Å². The summed E-state index contributed by atoms with van der Waals surface area (Å²) in [4.78, 5) is 45.2. The van der Waals surface area contributed by atoms with Gasteiger partial charge in [0.15, 0.2) is 0 Å². The smallest absolute Gasteiger partial charge is 0.254 e. The maximum Gasteiger partial charge on any atom is 0.254 e. The Morgan fingerprint density at radius 1 is 1.09 bits per heavy atom. The van der Waals surface area contributed by atoms with Crippen molar-refractivity contribution >= 4 is 34.4 Å². The number of hydrogen-bond donors (Lipinski definition) is 2. The Labute approximate surface area is 192 Å². The first-order chi connectivity index (χ1) is 16.0. The number of carbonyl (C=O) groups excluding carboxylic acids is 3. The highest BCUT2D eigenvalue weighted by Gasteiger charge is 2.33. The zero-order chi connectivity index (χ0) is 22.9. The van der Waals surface area contributed by atoms with E-state index in [1.54, 1.807) is 24.3 Å². The van der Waals surface area contributed by atoms with E-state index in [-0.39, 0.29) is 36.6 Å². The molecule has 1 fully saturated rings. The Morgan fingerprint density at radius 2 is 1.88 bits per heavy atom. The lowest BCUT2D eigenvalue weighted by Crippen LogP contribution is -2.43. The van der Waals surface area contributed by atoms with Crippen molar-refractivity contribution in [3.63, 3.8) is 0 Å². The first kappa shape index (κ1) is 21.2. The van der Waals surface area contributed by atoms with E-state index in [0.29, 0.717) is 17.8 Å². The molecular formula is C25H27N5O3. The van der Waals surface area contributed by atoms with Crippen molar-refractivity contribution in [2.24, 2.45) is 7.05 Å². The number of benzene rings is 2. The highest BCUT2D eigenvalue weighted by atomic mass is 16.2. The van der Waals surface area contributed by atoms with Crippen LogP contribution in [0.1, 0.15) is 54.3 Å². The summed E-state index contributed by atoms with van der Waals surface area (Å²) in [7, 11) is 1.99. The van der Waals surface area contributed by atoms with Crippen molar-refractivity contribution in [1.29, 1.82) is 0 Å². The van der Waals surface area contributed by atoms with Crippen LogP contribution in [0.15, 0.2) is 48.5 Å². The molecule has 2 aliphatic rings. The first-order valence-corrected chi connectivity index (χ1v) is 11.4. The van der Waals surface area contributed by atoms with E-state index in [9.17, 15) is 14.4 Å². The minimum Gasteiger partial charge on any atom is -0.340 e. The van der Waals surface area contributed by atoms with Crippen LogP contribution in [0.25, 0.3) is 11.0 Å². The second-order valence-corrected chi connectivity index (χ2v) is 8.72. The van der Waals surface area contributed by atoms with Gasteiger partial charge in [0.2, 0.25) is 11.8 Å². The number of fused-ring (bicyclic) bond motifs is 2. The van der Waals surface area contributed by atoms with Crippen molar-refractivity contribution in [3.8, 4) is 0 Å². The maximum absolute atomic E-state index is 13.3. The molecule has 1 aromatic heterocycles. The lowest BCUT2D eigenvalue weighted by atomic mass is 10.00. The average molecular weight is 446 g/mol. The summed E-state index contributed by atoms with van der Waals surface area (Å²) in [5, 5.41) is 5.58. The third-order valence-electron chi connectivity index (χ3n) is 6.64. The quantitative estimate of drug-likeness (QED) is 0.645. The topological polar surface area (TPSA) is 96.3 Å². The van der Waals surface area contributed by atoms with E-state index in [2.05, 4.69) is 15.2 Å². The van der Waals surface area contributed by atoms with E-state index in [1.165, 1.54) is 0 Å². The van der Waals surface area contributed by atoms with Crippen molar-refractivity contribution in [3.05, 3.63) is 59.9 Å². The van der Waals surface area contributed by atoms with E-state index in [4.69, 9.17) is 4.98 Å². The molecule has 33 heavy (non-hydrogen) atoms. The third kappa shape index (κ3) is 3.97. The number of imidazole rings is 1. The average Bonchev–Trinajstić information content (AvgIpc) is 3.11. The zero-order valence-electron chi connectivity index (χ0n) is 18.6. The molecule has 0 spiro atoms. The molecule has 0 aliphatic carbocycles. The number of aromatic nitrogens is 2. The van der Waals surface area contributed by atoms with E-state index in [1.807, 2.05) is 36.2 Å². The van der Waals surface area contributed by atoms with Crippen LogP contribution in [-0.2, 0) is 16.6 Å². The van der Waals surface area contributed by atoms with Gasteiger partial charge in [-0.05, 0) is 49.9 Å². The molecule has 0 saturated carbocycles. The van der Waals surface area contributed by atoms with Crippen LogP contribution >= 0.6 is 0 Å². The van der Waals surface area contributed by atoms with Gasteiger partial charge in [-0.2, -0.15) is 0 Å². The Balaban J connectivity index is 1.31. The predicted molar refractivity (Wildman–Crippen MR) is 125 cm³/mol. The van der Waals surface area contributed by atoms with Crippen molar-refractivity contribution in [2.75, 3.05) is 11.9 Å². The Hall–Kier alpha value is -3.68. The Bertz CT molecular complexity index is 1230. The van der Waals surface area contributed by atoms with Crippen LogP contribution in [0.3, 0.4) is 0 Å². The highest BCUT2D eigenvalue weighted by Crippen LogP contribution is 2.32. The molecule has 3 heterocycles. The molecule has 1 saturated heterocycles. The van der Waals surface area contributed by atoms with Gasteiger partial charge in [0.05, 0.1) is 28.3 Å². The SMILES string of the molecule is Cn1c([C@@H]2CCCCN2C(=O)CC[C@@H]2NC(=O)c3ccccc3NC2=O)nc2ccccc21. The summed E-state index contributed by atoms with van der Waals surface area (Å²) in [5.74, 6) is 0.263. The normalized spacial score (nSPS) is 20.7. The summed E-state index contributed by atoms with van der Waals surface area (Å²) >= 11 is 0. The van der Waals surface area contributed by atoms with Gasteiger partial charge in [-0.3, -0.25) is 14.4 Å². The summed E-state index contributed by atoms with van der Waals surface area (Å²) in [6.07, 6.45) is 3.27. The maximum atomic E-state index is 13.3. The fourth-order valence-corrected chi connectivity index (χ4v) is 4.89. The van der Waals surface area contributed by atoms with Gasteiger partial charge in [-0.1, -0.05) is 24.3 Å². The molecule has 3 aromatic rings. The monoisotopic (exact) mass is 445 g/mol. The van der Waals surface area contributed by atoms with Gasteiger partial charge in [0.1, 0.15) is 11.9 Å². The Morgan fingerprint density at radius 3 is 2.73 bits per heavy atom. The summed E-state index contributed by atoms with van der Waals surface area (Å²) in [5.41, 5.74) is 2.89. The van der Waals surface area contributed by atoms with Crippen LogP contribution < -0.4 is 10.6 Å². The number of para-hydroxylation sites is 3. The van der Waals surface area contributed by atoms with Crippen molar-refractivity contribution in [2.45, 2.75) is 44.2 Å². The number of aryl methyl sites for hydroxylation is 1. The molecule has 3 amide bonds. The van der Waals surface area contributed by atoms with Crippen molar-refractivity contribution in [1.82, 2.24) is 19.8 Å². The number of nitrogens with one attached hydrogen (secondary N) is 2. The standard InChI is InChI=1S/C25H27N5O3/c1-29-20-11-5-4-10-18(20)26-23(29)21-12-6-7-15-30(21)22(31)14-13-19-25(33)27-17-9-3-2-8-16(17)24(32)28-19/h2-5,8-11,19,21H,6-7,12-15H2,1H3,(H,27,33)(H,28,32)/t19-,21-/m0/s1. The number of nitrogens with zero attached hydrogens (tertiary/aromatic N) is 3. The summed E-state index contributed by atoms with van der Waals surface area (Å²) < 4.78 is 2.07. The molecule has 0 bridgehead atoms. The summed E-state index contributed by atoms with van der Waals surface area (Å²) in [6.45, 7) is 0.668. The molecular weight excluding hydrogens is 418 g/mol. The molecule has 8 nitrogen and oxygen atoms in total. The molecule has 8 heteroatoms. The molecule has 2 aliphatic heterocycles. The molecule has 5 rings (SSSR count). The van der Waals surface area contributed by atoms with Crippen LogP contribution in [0.2, 0.25) is 0 Å². The number of piperidine rings is 1. The third-order valence-corrected chi connectivity index (χ3v) is 6.64. The van der Waals surface area contributed by atoms with Crippen molar-refractivity contribution < 1.29 is 14.4 Å². The van der Waals surface area contributed by atoms with Crippen LogP contribution in [-0.4, -0.2) is 44.8 Å². The minimum absolute atomic E-state index is 0.0180. The van der Waals surface area contributed by atoms with E-state index in [0.717, 1.165) is 36.1 Å². The molecule has 2 aromatic carbocycles. The number of anilines is 1. The van der Waals surface area contributed by atoms with Crippen LogP contribution in [0.5, 0.6) is 0 Å². The van der Waals surface area contributed by atoms with Gasteiger partial charge in [0.25, 0.3) is 5.91 Å². The fourth-order valence-electron chi connectivity index (χ4n) is 4.89. The van der Waals surface area contributed by atoms with Gasteiger partial charge >= 0.3 is 0 Å². The minimum atomic E-state index is -0.757. The first-order valence-electron chi connectivity index (χ1n) is 11.4. The predicted octanol–water partition coefficient (Wildman–Crippen LogP) is 3.16. The number of likely N-dealkylation sites (tertiary alicyclic amines) is 1. The molecule has 0 radical (unpaired) electrons. The van der Waals surface area contributed by atoms with Gasteiger partial charge in [0, 0.05) is 20.0 Å². The lowest BCUT2D eigenvalue weighted by molar-refractivity contribution is -0.135. The van der Waals surface area contributed by atoms with Gasteiger partial charge in [-0.15, -0.1) is 0 Å². The fraction of sp³-hybridized carbons (Fsp3) is 0.360. The highest BCUT2D eigenvalue weighted by molar-refractivity contribution is 6.09. The number of amides is 3. The van der Waals surface area contributed by atoms with Crippen LogP contribution in [0.4, 0.5) is 5.69 Å². The number of rotatable bonds is 4. The van der Waals surface area contributed by atoms with Gasteiger partial charge in [-0.25, -0.2) is 4.98 Å². The van der Waals surface area contributed by atoms with Gasteiger partial charge < -0.3 is 20.1 Å². The number of carbonyl (C=O) groups is 3. The molecule has 2 N–H and O–H groups in total. The number of hydrogen-bond acceptors (Lipinski definition) is 4. The zero-order valence-corrected chi connectivity index (χ0v) is 18.6. The second-order valence-electron chi connectivity index (χ2n) is 8.72. The van der Waals surface area contributed by atoms with E-state index >= 15 is 0 Å².